The van der Waals surface area contributed by atoms with E-state index in [9.17, 15) is 9.59 Å². The van der Waals surface area contributed by atoms with Crippen LogP contribution in [0.3, 0.4) is 0 Å². The molecule has 3 aromatic rings. The Bertz CT molecular complexity index is 976. The van der Waals surface area contributed by atoms with Crippen LogP contribution < -0.4 is 4.90 Å². The van der Waals surface area contributed by atoms with Crippen molar-refractivity contribution >= 4 is 29.5 Å². The van der Waals surface area contributed by atoms with E-state index < -0.39 is 18.0 Å². The molecule has 0 aliphatic carbocycles. The summed E-state index contributed by atoms with van der Waals surface area (Å²) < 4.78 is 5.46. The topological polar surface area (TPSA) is 66.8 Å². The van der Waals surface area contributed by atoms with Gasteiger partial charge >= 0.3 is 12.1 Å². The SMILES string of the molecule is CC(C(=O)O)c1cccc(C=CCOC(=O)N(c2ccccc2)c2ccccc2)c1. The smallest absolute Gasteiger partial charge is 0.419 e. The average Bonchev–Trinajstić information content (AvgIpc) is 2.78. The van der Waals surface area contributed by atoms with Crippen LogP contribution in [0.5, 0.6) is 0 Å². The number of para-hydroxylation sites is 2. The van der Waals surface area contributed by atoms with Crippen LogP contribution in [0.15, 0.2) is 91.0 Å². The van der Waals surface area contributed by atoms with Gasteiger partial charge in [0.25, 0.3) is 0 Å². The van der Waals surface area contributed by atoms with Crippen molar-refractivity contribution in [2.75, 3.05) is 11.5 Å². The highest BCUT2D eigenvalue weighted by atomic mass is 16.6. The number of ether oxygens (including phenoxy) is 1. The Labute approximate surface area is 175 Å². The van der Waals surface area contributed by atoms with Crippen molar-refractivity contribution in [3.63, 3.8) is 0 Å². The van der Waals surface area contributed by atoms with Crippen molar-refractivity contribution in [2.45, 2.75) is 12.8 Å². The first-order valence-electron chi connectivity index (χ1n) is 9.62. The van der Waals surface area contributed by atoms with Crippen LogP contribution in [0, 0.1) is 0 Å². The highest BCUT2D eigenvalue weighted by Gasteiger charge is 2.18. The summed E-state index contributed by atoms with van der Waals surface area (Å²) in [4.78, 5) is 25.5. The molecule has 0 radical (unpaired) electrons. The molecule has 0 aliphatic heterocycles. The minimum atomic E-state index is -0.869. The summed E-state index contributed by atoms with van der Waals surface area (Å²) in [5.74, 6) is -1.45. The molecule has 3 aromatic carbocycles. The predicted molar refractivity (Wildman–Crippen MR) is 118 cm³/mol. The second-order valence-corrected chi connectivity index (χ2v) is 6.72. The zero-order valence-electron chi connectivity index (χ0n) is 16.6. The Hall–Kier alpha value is -3.86. The molecule has 5 heteroatoms. The Kier molecular flexibility index (Phi) is 7.00. The summed E-state index contributed by atoms with van der Waals surface area (Å²) in [6, 6.07) is 25.9. The fourth-order valence-corrected chi connectivity index (χ4v) is 2.96. The number of aliphatic carboxylic acids is 1. The number of carboxylic acids is 1. The van der Waals surface area contributed by atoms with E-state index in [-0.39, 0.29) is 6.61 Å². The summed E-state index contributed by atoms with van der Waals surface area (Å²) in [5, 5.41) is 9.16. The zero-order chi connectivity index (χ0) is 21.3. The molecule has 1 amide bonds. The first kappa shape index (κ1) is 20.9. The number of carbonyl (C=O) groups is 2. The van der Waals surface area contributed by atoms with E-state index >= 15 is 0 Å². The molecule has 5 nitrogen and oxygen atoms in total. The van der Waals surface area contributed by atoms with Gasteiger partial charge in [-0.15, -0.1) is 0 Å². The predicted octanol–water partition coefficient (Wildman–Crippen LogP) is 5.86. The molecule has 30 heavy (non-hydrogen) atoms. The number of carbonyl (C=O) groups excluding carboxylic acids is 1. The maximum Gasteiger partial charge on any atom is 0.419 e. The molecule has 0 aromatic heterocycles. The summed E-state index contributed by atoms with van der Waals surface area (Å²) in [6.45, 7) is 1.74. The number of nitrogens with zero attached hydrogens (tertiary/aromatic N) is 1. The third-order valence-corrected chi connectivity index (χ3v) is 4.61. The van der Waals surface area contributed by atoms with Crippen molar-refractivity contribution in [1.82, 2.24) is 0 Å². The van der Waals surface area contributed by atoms with Crippen molar-refractivity contribution in [1.29, 1.82) is 0 Å². The molecule has 0 saturated carbocycles. The lowest BCUT2D eigenvalue weighted by atomic mass is 9.99. The largest absolute Gasteiger partial charge is 0.481 e. The van der Waals surface area contributed by atoms with Crippen molar-refractivity contribution in [3.8, 4) is 0 Å². The van der Waals surface area contributed by atoms with Crippen molar-refractivity contribution < 1.29 is 19.4 Å². The molecule has 0 bridgehead atoms. The number of hydrogen-bond acceptors (Lipinski definition) is 3. The zero-order valence-corrected chi connectivity index (χ0v) is 16.6. The van der Waals surface area contributed by atoms with Crippen molar-refractivity contribution in [3.05, 3.63) is 102 Å². The molecule has 0 spiro atoms. The van der Waals surface area contributed by atoms with E-state index in [2.05, 4.69) is 0 Å². The molecule has 152 valence electrons. The third-order valence-electron chi connectivity index (χ3n) is 4.61. The van der Waals surface area contributed by atoms with E-state index in [0.29, 0.717) is 11.4 Å². The molecular formula is C25H23NO4. The van der Waals surface area contributed by atoms with E-state index in [1.54, 1.807) is 25.1 Å². The minimum absolute atomic E-state index is 0.0910. The van der Waals surface area contributed by atoms with Gasteiger partial charge in [0.15, 0.2) is 0 Å². The Morgan fingerprint density at radius 1 is 0.933 bits per heavy atom. The van der Waals surface area contributed by atoms with Crippen LogP contribution in [-0.2, 0) is 9.53 Å². The Morgan fingerprint density at radius 2 is 1.53 bits per heavy atom. The van der Waals surface area contributed by atoms with Crippen LogP contribution in [-0.4, -0.2) is 23.8 Å². The molecular weight excluding hydrogens is 378 g/mol. The maximum absolute atomic E-state index is 12.8. The molecule has 0 fully saturated rings. The van der Waals surface area contributed by atoms with Crippen LogP contribution in [0.4, 0.5) is 16.2 Å². The first-order valence-corrected chi connectivity index (χ1v) is 9.62. The molecule has 1 N–H and O–H groups in total. The van der Waals surface area contributed by atoms with Crippen LogP contribution >= 0.6 is 0 Å². The van der Waals surface area contributed by atoms with E-state index in [0.717, 1.165) is 11.1 Å². The standard InChI is InChI=1S/C25H23NO4/c1-19(24(27)28)21-12-8-10-20(18-21)11-9-17-30-25(29)26(22-13-4-2-5-14-22)23-15-6-3-7-16-23/h2-16,18-19H,17H2,1H3,(H,27,28). The van der Waals surface area contributed by atoms with Gasteiger partial charge in [0.05, 0.1) is 17.3 Å². The summed E-state index contributed by atoms with van der Waals surface area (Å²) in [5.41, 5.74) is 3.00. The summed E-state index contributed by atoms with van der Waals surface area (Å²) in [6.07, 6.45) is 3.06. The van der Waals surface area contributed by atoms with Gasteiger partial charge in [-0.25, -0.2) is 9.69 Å². The molecule has 0 aliphatic rings. The van der Waals surface area contributed by atoms with Gasteiger partial charge in [-0.2, -0.15) is 0 Å². The number of amides is 1. The van der Waals surface area contributed by atoms with E-state index in [1.807, 2.05) is 78.9 Å². The second-order valence-electron chi connectivity index (χ2n) is 6.72. The molecule has 0 heterocycles. The lowest BCUT2D eigenvalue weighted by molar-refractivity contribution is -0.138. The fourth-order valence-electron chi connectivity index (χ4n) is 2.96. The summed E-state index contributed by atoms with van der Waals surface area (Å²) >= 11 is 0. The number of hydrogen-bond donors (Lipinski definition) is 1. The van der Waals surface area contributed by atoms with Gasteiger partial charge in [0, 0.05) is 0 Å². The van der Waals surface area contributed by atoms with Crippen molar-refractivity contribution in [2.24, 2.45) is 0 Å². The highest BCUT2D eigenvalue weighted by Crippen LogP contribution is 2.25. The van der Waals surface area contributed by atoms with Gasteiger partial charge in [-0.05, 0) is 48.4 Å². The fraction of sp³-hybridized carbons (Fsp3) is 0.120. The first-order chi connectivity index (χ1) is 14.6. The summed E-state index contributed by atoms with van der Waals surface area (Å²) in [7, 11) is 0. The Balaban J connectivity index is 1.68. The number of rotatable bonds is 7. The number of benzene rings is 3. The van der Waals surface area contributed by atoms with Crippen LogP contribution in [0.25, 0.3) is 6.08 Å². The van der Waals surface area contributed by atoms with E-state index in [1.165, 1.54) is 4.90 Å². The van der Waals surface area contributed by atoms with Gasteiger partial charge < -0.3 is 9.84 Å². The molecule has 1 atom stereocenters. The maximum atomic E-state index is 12.8. The van der Waals surface area contributed by atoms with Gasteiger partial charge in [-0.3, -0.25) is 4.79 Å². The Morgan fingerprint density at radius 3 is 2.10 bits per heavy atom. The minimum Gasteiger partial charge on any atom is -0.481 e. The highest BCUT2D eigenvalue weighted by molar-refractivity contribution is 5.96. The average molecular weight is 401 g/mol. The van der Waals surface area contributed by atoms with Gasteiger partial charge in [0.2, 0.25) is 0 Å². The van der Waals surface area contributed by atoms with Gasteiger partial charge in [0.1, 0.15) is 6.61 Å². The quantitative estimate of drug-likeness (QED) is 0.538. The monoisotopic (exact) mass is 401 g/mol. The lowest BCUT2D eigenvalue weighted by Crippen LogP contribution is -2.26. The van der Waals surface area contributed by atoms with Crippen LogP contribution in [0.1, 0.15) is 24.0 Å². The number of carboxylic acid groups (broad SMARTS) is 1. The normalized spacial score (nSPS) is 11.8. The molecule has 3 rings (SSSR count). The molecule has 0 saturated heterocycles. The molecule has 1 unspecified atom stereocenters. The van der Waals surface area contributed by atoms with Crippen LogP contribution in [0.2, 0.25) is 0 Å². The third kappa shape index (κ3) is 5.35. The second kappa shape index (κ2) is 10.1. The lowest BCUT2D eigenvalue weighted by Gasteiger charge is -2.22. The van der Waals surface area contributed by atoms with E-state index in [4.69, 9.17) is 9.84 Å². The number of anilines is 2. The van der Waals surface area contributed by atoms with Gasteiger partial charge in [-0.1, -0.05) is 66.7 Å².